The maximum Gasteiger partial charge on any atom is 0.338 e. The Balaban J connectivity index is 2.25. The summed E-state index contributed by atoms with van der Waals surface area (Å²) in [6.45, 7) is 5.81. The molecule has 0 saturated heterocycles. The van der Waals surface area contributed by atoms with Gasteiger partial charge in [0.25, 0.3) is 5.91 Å². The first-order chi connectivity index (χ1) is 10.7. The summed E-state index contributed by atoms with van der Waals surface area (Å²) >= 11 is 0. The Morgan fingerprint density at radius 3 is 2.30 bits per heavy atom. The zero-order valence-corrected chi connectivity index (χ0v) is 13.1. The van der Waals surface area contributed by atoms with Gasteiger partial charge in [0.05, 0.1) is 11.6 Å². The largest absolute Gasteiger partial charge is 0.478 e. The summed E-state index contributed by atoms with van der Waals surface area (Å²) in [7, 11) is 0. The average Bonchev–Trinajstić information content (AvgIpc) is 2.94. The molecule has 0 aliphatic heterocycles. The Morgan fingerprint density at radius 2 is 1.83 bits per heavy atom. The van der Waals surface area contributed by atoms with Crippen LogP contribution in [0, 0.1) is 11.2 Å². The predicted molar refractivity (Wildman–Crippen MR) is 81.7 cm³/mol. The lowest BCUT2D eigenvalue weighted by atomic mass is 9.82. The van der Waals surface area contributed by atoms with Crippen LogP contribution in [0.25, 0.3) is 0 Å². The molecule has 1 atom stereocenters. The van der Waals surface area contributed by atoms with Gasteiger partial charge in [-0.25, -0.2) is 9.18 Å². The number of rotatable bonds is 4. The minimum atomic E-state index is -1.17. The molecule has 5 nitrogen and oxygen atoms in total. The molecule has 2 N–H and O–H groups in total. The molecule has 122 valence electrons. The molecule has 1 amide bonds. The topological polar surface area (TPSA) is 79.5 Å². The first-order valence-corrected chi connectivity index (χ1v) is 7.06. The highest BCUT2D eigenvalue weighted by molar-refractivity contribution is 5.95. The molecule has 1 unspecified atom stereocenters. The van der Waals surface area contributed by atoms with E-state index in [1.165, 1.54) is 18.2 Å². The standard InChI is InChI=1S/C17H18FNO4/c1-17(2,3)14(10-4-6-12(18)7-5-10)19-15(20)13-8-11(9-23-13)16(21)22/h4-9,14H,1-3H3,(H,19,20)(H,21,22). The summed E-state index contributed by atoms with van der Waals surface area (Å²) in [6.07, 6.45) is 1.02. The first-order valence-electron chi connectivity index (χ1n) is 7.06. The fraction of sp³-hybridized carbons (Fsp3) is 0.294. The second-order valence-electron chi connectivity index (χ2n) is 6.33. The fourth-order valence-electron chi connectivity index (χ4n) is 2.22. The Kier molecular flexibility index (Phi) is 4.54. The van der Waals surface area contributed by atoms with Gasteiger partial charge in [0.1, 0.15) is 12.1 Å². The maximum atomic E-state index is 13.1. The van der Waals surface area contributed by atoms with Crippen LogP contribution in [0.5, 0.6) is 0 Å². The van der Waals surface area contributed by atoms with Crippen LogP contribution in [-0.2, 0) is 0 Å². The van der Waals surface area contributed by atoms with Crippen molar-refractivity contribution in [3.63, 3.8) is 0 Å². The van der Waals surface area contributed by atoms with E-state index in [4.69, 9.17) is 9.52 Å². The maximum absolute atomic E-state index is 13.1. The zero-order chi connectivity index (χ0) is 17.2. The highest BCUT2D eigenvalue weighted by Crippen LogP contribution is 2.33. The first kappa shape index (κ1) is 16.7. The molecule has 1 aromatic carbocycles. The van der Waals surface area contributed by atoms with Gasteiger partial charge in [0, 0.05) is 6.07 Å². The molecule has 0 spiro atoms. The van der Waals surface area contributed by atoms with E-state index < -0.39 is 17.9 Å². The van der Waals surface area contributed by atoms with Crippen molar-refractivity contribution in [3.8, 4) is 0 Å². The summed E-state index contributed by atoms with van der Waals surface area (Å²) in [5.74, 6) is -2.14. The molecular weight excluding hydrogens is 301 g/mol. The molecular formula is C17H18FNO4. The van der Waals surface area contributed by atoms with Crippen LogP contribution in [-0.4, -0.2) is 17.0 Å². The van der Waals surface area contributed by atoms with Crippen molar-refractivity contribution in [1.82, 2.24) is 5.32 Å². The Morgan fingerprint density at radius 1 is 1.22 bits per heavy atom. The quantitative estimate of drug-likeness (QED) is 0.902. The van der Waals surface area contributed by atoms with Gasteiger partial charge < -0.3 is 14.8 Å². The molecule has 6 heteroatoms. The molecule has 0 fully saturated rings. The van der Waals surface area contributed by atoms with Crippen molar-refractivity contribution in [3.05, 3.63) is 59.3 Å². The lowest BCUT2D eigenvalue weighted by Gasteiger charge is -2.31. The predicted octanol–water partition coefficient (Wildman–Crippen LogP) is 3.63. The number of carbonyl (C=O) groups excluding carboxylic acids is 1. The zero-order valence-electron chi connectivity index (χ0n) is 13.1. The number of benzene rings is 1. The van der Waals surface area contributed by atoms with Crippen LogP contribution < -0.4 is 5.32 Å². The number of halogens is 1. The van der Waals surface area contributed by atoms with Crippen molar-refractivity contribution >= 4 is 11.9 Å². The highest BCUT2D eigenvalue weighted by atomic mass is 19.1. The molecule has 0 bridgehead atoms. The Labute approximate surface area is 133 Å². The Bertz CT molecular complexity index is 713. The van der Waals surface area contributed by atoms with Crippen LogP contribution in [0.15, 0.2) is 41.0 Å². The monoisotopic (exact) mass is 319 g/mol. The van der Waals surface area contributed by atoms with E-state index in [1.807, 2.05) is 20.8 Å². The molecule has 0 aliphatic carbocycles. The molecule has 0 aliphatic rings. The number of hydrogen-bond donors (Lipinski definition) is 2. The number of carbonyl (C=O) groups is 2. The third kappa shape index (κ3) is 3.97. The van der Waals surface area contributed by atoms with Gasteiger partial charge in [0.15, 0.2) is 5.76 Å². The molecule has 1 heterocycles. The number of nitrogens with one attached hydrogen (secondary N) is 1. The van der Waals surface area contributed by atoms with Gasteiger partial charge in [-0.1, -0.05) is 32.9 Å². The second kappa shape index (κ2) is 6.24. The number of carboxylic acids is 1. The van der Waals surface area contributed by atoms with E-state index in [9.17, 15) is 14.0 Å². The number of aromatic carboxylic acids is 1. The molecule has 23 heavy (non-hydrogen) atoms. The highest BCUT2D eigenvalue weighted by Gasteiger charge is 2.29. The van der Waals surface area contributed by atoms with E-state index in [0.29, 0.717) is 0 Å². The lowest BCUT2D eigenvalue weighted by molar-refractivity contribution is 0.0695. The summed E-state index contributed by atoms with van der Waals surface area (Å²) in [5.41, 5.74) is 0.317. The minimum Gasteiger partial charge on any atom is -0.478 e. The van der Waals surface area contributed by atoms with E-state index in [1.54, 1.807) is 12.1 Å². The molecule has 0 saturated carbocycles. The second-order valence-corrected chi connectivity index (χ2v) is 6.33. The van der Waals surface area contributed by atoms with Crippen LogP contribution in [0.2, 0.25) is 0 Å². The molecule has 0 radical (unpaired) electrons. The number of furan rings is 1. The number of carboxylic acid groups (broad SMARTS) is 1. The van der Waals surface area contributed by atoms with Crippen molar-refractivity contribution in [2.45, 2.75) is 26.8 Å². The summed E-state index contributed by atoms with van der Waals surface area (Å²) in [5, 5.41) is 11.7. The van der Waals surface area contributed by atoms with Crippen molar-refractivity contribution in [2.75, 3.05) is 0 Å². The van der Waals surface area contributed by atoms with Gasteiger partial charge >= 0.3 is 5.97 Å². The van der Waals surface area contributed by atoms with E-state index >= 15 is 0 Å². The average molecular weight is 319 g/mol. The summed E-state index contributed by atoms with van der Waals surface area (Å²) < 4.78 is 18.1. The van der Waals surface area contributed by atoms with Crippen LogP contribution in [0.1, 0.15) is 53.3 Å². The van der Waals surface area contributed by atoms with Crippen molar-refractivity contribution in [2.24, 2.45) is 5.41 Å². The number of hydrogen-bond acceptors (Lipinski definition) is 3. The third-order valence-corrected chi connectivity index (χ3v) is 3.41. The van der Waals surface area contributed by atoms with Gasteiger partial charge in [-0.2, -0.15) is 0 Å². The molecule has 1 aromatic heterocycles. The van der Waals surface area contributed by atoms with E-state index in [2.05, 4.69) is 5.32 Å². The van der Waals surface area contributed by atoms with Crippen LogP contribution in [0.4, 0.5) is 4.39 Å². The fourth-order valence-corrected chi connectivity index (χ4v) is 2.22. The Hall–Kier alpha value is -2.63. The SMILES string of the molecule is CC(C)(C)C(NC(=O)c1cc(C(=O)O)co1)c1ccc(F)cc1. The van der Waals surface area contributed by atoms with Gasteiger partial charge in [0.2, 0.25) is 0 Å². The van der Waals surface area contributed by atoms with Crippen LogP contribution >= 0.6 is 0 Å². The van der Waals surface area contributed by atoms with E-state index in [0.717, 1.165) is 11.8 Å². The number of amides is 1. The van der Waals surface area contributed by atoms with Gasteiger partial charge in [-0.3, -0.25) is 4.79 Å². The molecule has 2 aromatic rings. The molecule has 2 rings (SSSR count). The van der Waals surface area contributed by atoms with Crippen LogP contribution in [0.3, 0.4) is 0 Å². The van der Waals surface area contributed by atoms with Crippen molar-refractivity contribution < 1.29 is 23.5 Å². The normalized spacial score (nSPS) is 12.7. The van der Waals surface area contributed by atoms with Gasteiger partial charge in [-0.15, -0.1) is 0 Å². The lowest BCUT2D eigenvalue weighted by Crippen LogP contribution is -2.36. The third-order valence-electron chi connectivity index (χ3n) is 3.41. The summed E-state index contributed by atoms with van der Waals surface area (Å²) in [6, 6.07) is 6.65. The smallest absolute Gasteiger partial charge is 0.338 e. The minimum absolute atomic E-state index is 0.0845. The van der Waals surface area contributed by atoms with Crippen molar-refractivity contribution in [1.29, 1.82) is 0 Å². The summed E-state index contributed by atoms with van der Waals surface area (Å²) in [4.78, 5) is 23.2. The van der Waals surface area contributed by atoms with Gasteiger partial charge in [-0.05, 0) is 23.1 Å². The van der Waals surface area contributed by atoms with E-state index in [-0.39, 0.29) is 22.6 Å².